The Balaban J connectivity index is 2.13. The zero-order valence-electron chi connectivity index (χ0n) is 11.3. The molecule has 1 heterocycles. The summed E-state index contributed by atoms with van der Waals surface area (Å²) in [5.41, 5.74) is 1.71. The molecule has 1 saturated heterocycles. The Morgan fingerprint density at radius 3 is 2.75 bits per heavy atom. The van der Waals surface area contributed by atoms with Gasteiger partial charge in [0, 0.05) is 30.3 Å². The maximum absolute atomic E-state index is 12.8. The molecule has 1 aliphatic rings. The Morgan fingerprint density at radius 1 is 1.40 bits per heavy atom. The summed E-state index contributed by atoms with van der Waals surface area (Å²) < 4.78 is 38.4. The van der Waals surface area contributed by atoms with Crippen molar-refractivity contribution in [1.82, 2.24) is 5.32 Å². The molecule has 0 saturated carbocycles. The molecule has 0 spiro atoms. The first kappa shape index (κ1) is 15.4. The van der Waals surface area contributed by atoms with E-state index in [1.54, 1.807) is 11.0 Å². The lowest BCUT2D eigenvalue weighted by atomic mass is 9.97. The number of alkyl halides is 3. The molecule has 20 heavy (non-hydrogen) atoms. The van der Waals surface area contributed by atoms with Crippen LogP contribution in [-0.4, -0.2) is 26.3 Å². The van der Waals surface area contributed by atoms with Gasteiger partial charge in [-0.05, 0) is 37.6 Å². The van der Waals surface area contributed by atoms with Gasteiger partial charge in [0.15, 0.2) is 0 Å². The molecule has 1 N–H and O–H groups in total. The molecule has 1 aromatic rings. The fourth-order valence-electron chi connectivity index (χ4n) is 2.55. The van der Waals surface area contributed by atoms with Crippen molar-refractivity contribution in [2.45, 2.75) is 25.6 Å². The first-order chi connectivity index (χ1) is 9.41. The third-order valence-electron chi connectivity index (χ3n) is 3.65. The van der Waals surface area contributed by atoms with Crippen LogP contribution in [0, 0.1) is 5.92 Å². The van der Waals surface area contributed by atoms with Crippen molar-refractivity contribution < 1.29 is 13.2 Å². The van der Waals surface area contributed by atoms with E-state index in [2.05, 4.69) is 5.32 Å². The minimum atomic E-state index is -4.12. The highest BCUT2D eigenvalue weighted by molar-refractivity contribution is 6.31. The number of halogens is 4. The molecule has 2 rings (SSSR count). The lowest BCUT2D eigenvalue weighted by Gasteiger charge is -2.35. The van der Waals surface area contributed by atoms with Crippen LogP contribution in [0.2, 0.25) is 5.02 Å². The van der Waals surface area contributed by atoms with Gasteiger partial charge in [-0.25, -0.2) is 0 Å². The molecule has 1 atom stereocenters. The largest absolute Gasteiger partial charge is 0.393 e. The first-order valence-corrected chi connectivity index (χ1v) is 7.04. The lowest BCUT2D eigenvalue weighted by molar-refractivity contribution is -0.175. The summed E-state index contributed by atoms with van der Waals surface area (Å²) in [6, 6.07) is 5.47. The van der Waals surface area contributed by atoms with E-state index in [4.69, 9.17) is 11.6 Å². The zero-order chi connectivity index (χ0) is 14.8. The molecule has 1 aliphatic heterocycles. The third-order valence-corrected chi connectivity index (χ3v) is 4.01. The standard InChI is InChI=1S/C14H18ClF3N2/c1-19-8-10-4-5-12(7-13(10)15)20-6-2-3-11(9-20)14(16,17)18/h4-5,7,11,19H,2-3,6,8-9H2,1H3. The van der Waals surface area contributed by atoms with Crippen molar-refractivity contribution >= 4 is 17.3 Å². The molecule has 0 radical (unpaired) electrons. The normalized spacial score (nSPS) is 20.2. The number of hydrogen-bond donors (Lipinski definition) is 1. The van der Waals surface area contributed by atoms with Gasteiger partial charge in [-0.2, -0.15) is 13.2 Å². The summed E-state index contributed by atoms with van der Waals surface area (Å²) in [5, 5.41) is 3.59. The van der Waals surface area contributed by atoms with E-state index in [9.17, 15) is 13.2 Å². The number of nitrogens with one attached hydrogen (secondary N) is 1. The van der Waals surface area contributed by atoms with Crippen LogP contribution in [0.5, 0.6) is 0 Å². The Hall–Kier alpha value is -0.940. The molecule has 1 fully saturated rings. The molecule has 6 heteroatoms. The quantitative estimate of drug-likeness (QED) is 0.913. The number of nitrogens with zero attached hydrogens (tertiary/aromatic N) is 1. The molecule has 1 aromatic carbocycles. The molecule has 2 nitrogen and oxygen atoms in total. The molecule has 0 bridgehead atoms. The van der Waals surface area contributed by atoms with Gasteiger partial charge in [0.1, 0.15) is 0 Å². The summed E-state index contributed by atoms with van der Waals surface area (Å²) in [7, 11) is 1.82. The minimum absolute atomic E-state index is 0.0191. The fraction of sp³-hybridized carbons (Fsp3) is 0.571. The zero-order valence-corrected chi connectivity index (χ0v) is 12.1. The number of rotatable bonds is 3. The van der Waals surface area contributed by atoms with E-state index in [0.717, 1.165) is 11.3 Å². The van der Waals surface area contributed by atoms with Gasteiger partial charge in [0.05, 0.1) is 5.92 Å². The average Bonchev–Trinajstić information content (AvgIpc) is 2.40. The second-order valence-corrected chi connectivity index (χ2v) is 5.54. The minimum Gasteiger partial charge on any atom is -0.371 e. The summed E-state index contributed by atoms with van der Waals surface area (Å²) in [6.45, 7) is 1.31. The number of hydrogen-bond acceptors (Lipinski definition) is 2. The highest BCUT2D eigenvalue weighted by Gasteiger charge is 2.41. The van der Waals surface area contributed by atoms with Crippen molar-refractivity contribution in [3.05, 3.63) is 28.8 Å². The molecule has 0 aromatic heterocycles. The molecule has 112 valence electrons. The van der Waals surface area contributed by atoms with E-state index in [1.807, 2.05) is 19.2 Å². The Labute approximate surface area is 121 Å². The Kier molecular flexibility index (Phi) is 4.81. The van der Waals surface area contributed by atoms with Gasteiger partial charge in [-0.3, -0.25) is 0 Å². The van der Waals surface area contributed by atoms with Crippen LogP contribution >= 0.6 is 11.6 Å². The monoisotopic (exact) mass is 306 g/mol. The van der Waals surface area contributed by atoms with E-state index >= 15 is 0 Å². The lowest BCUT2D eigenvalue weighted by Crippen LogP contribution is -2.41. The van der Waals surface area contributed by atoms with E-state index in [1.165, 1.54) is 0 Å². The molecular weight excluding hydrogens is 289 g/mol. The highest BCUT2D eigenvalue weighted by Crippen LogP contribution is 2.35. The SMILES string of the molecule is CNCc1ccc(N2CCCC(C(F)(F)F)C2)cc1Cl. The topological polar surface area (TPSA) is 15.3 Å². The van der Waals surface area contributed by atoms with Crippen LogP contribution in [0.4, 0.5) is 18.9 Å². The van der Waals surface area contributed by atoms with Gasteiger partial charge in [-0.1, -0.05) is 17.7 Å². The predicted octanol–water partition coefficient (Wildman–Crippen LogP) is 3.84. The van der Waals surface area contributed by atoms with Gasteiger partial charge in [0.2, 0.25) is 0 Å². The summed E-state index contributed by atoms with van der Waals surface area (Å²) in [6.07, 6.45) is -3.35. The number of piperidine rings is 1. The highest BCUT2D eigenvalue weighted by atomic mass is 35.5. The van der Waals surface area contributed by atoms with Crippen LogP contribution in [0.15, 0.2) is 18.2 Å². The van der Waals surface area contributed by atoms with Crippen molar-refractivity contribution in [3.63, 3.8) is 0 Å². The average molecular weight is 307 g/mol. The van der Waals surface area contributed by atoms with Crippen LogP contribution < -0.4 is 10.2 Å². The van der Waals surface area contributed by atoms with Crippen LogP contribution in [0.1, 0.15) is 18.4 Å². The smallest absolute Gasteiger partial charge is 0.371 e. The van der Waals surface area contributed by atoms with Gasteiger partial charge < -0.3 is 10.2 Å². The fourth-order valence-corrected chi connectivity index (χ4v) is 2.79. The van der Waals surface area contributed by atoms with Crippen molar-refractivity contribution in [1.29, 1.82) is 0 Å². The summed E-state index contributed by atoms with van der Waals surface area (Å²) in [5.74, 6) is -1.24. The number of anilines is 1. The van der Waals surface area contributed by atoms with E-state index in [0.29, 0.717) is 24.5 Å². The van der Waals surface area contributed by atoms with E-state index < -0.39 is 12.1 Å². The number of benzene rings is 1. The van der Waals surface area contributed by atoms with Crippen molar-refractivity contribution in [3.8, 4) is 0 Å². The summed E-state index contributed by atoms with van der Waals surface area (Å²) >= 11 is 6.16. The second kappa shape index (κ2) is 6.22. The molecule has 0 aliphatic carbocycles. The van der Waals surface area contributed by atoms with Gasteiger partial charge in [-0.15, -0.1) is 0 Å². The first-order valence-electron chi connectivity index (χ1n) is 6.66. The summed E-state index contributed by atoms with van der Waals surface area (Å²) in [4.78, 5) is 1.77. The van der Waals surface area contributed by atoms with Crippen molar-refractivity contribution in [2.75, 3.05) is 25.0 Å². The van der Waals surface area contributed by atoms with Crippen LogP contribution in [0.25, 0.3) is 0 Å². The Morgan fingerprint density at radius 2 is 2.15 bits per heavy atom. The van der Waals surface area contributed by atoms with E-state index in [-0.39, 0.29) is 13.0 Å². The third kappa shape index (κ3) is 3.58. The Bertz CT molecular complexity index is 462. The van der Waals surface area contributed by atoms with Gasteiger partial charge in [0.25, 0.3) is 0 Å². The molecule has 1 unspecified atom stereocenters. The van der Waals surface area contributed by atoms with Crippen LogP contribution in [-0.2, 0) is 6.54 Å². The maximum atomic E-state index is 12.8. The maximum Gasteiger partial charge on any atom is 0.393 e. The second-order valence-electron chi connectivity index (χ2n) is 5.13. The van der Waals surface area contributed by atoms with Gasteiger partial charge >= 0.3 is 6.18 Å². The van der Waals surface area contributed by atoms with Crippen LogP contribution in [0.3, 0.4) is 0 Å². The predicted molar refractivity (Wildman–Crippen MR) is 75.2 cm³/mol. The molecular formula is C14H18ClF3N2. The van der Waals surface area contributed by atoms with Crippen molar-refractivity contribution in [2.24, 2.45) is 5.92 Å². The molecule has 0 amide bonds.